The summed E-state index contributed by atoms with van der Waals surface area (Å²) in [6.45, 7) is 0.902. The van der Waals surface area contributed by atoms with E-state index in [1.54, 1.807) is 17.0 Å². The molecule has 2 amide bonds. The first kappa shape index (κ1) is 14.1. The molecule has 0 atom stereocenters. The van der Waals surface area contributed by atoms with Crippen LogP contribution in [0.3, 0.4) is 0 Å². The van der Waals surface area contributed by atoms with Crippen LogP contribution in [0.5, 0.6) is 5.88 Å². The molecule has 1 aliphatic heterocycles. The van der Waals surface area contributed by atoms with Gasteiger partial charge in [-0.1, -0.05) is 0 Å². The molecule has 7 heteroatoms. The number of aliphatic carboxylic acids is 1. The molecule has 20 heavy (non-hydrogen) atoms. The highest BCUT2D eigenvalue weighted by molar-refractivity contribution is 5.89. The van der Waals surface area contributed by atoms with Gasteiger partial charge in [0.1, 0.15) is 0 Å². The van der Waals surface area contributed by atoms with Crippen LogP contribution >= 0.6 is 0 Å². The van der Waals surface area contributed by atoms with E-state index in [0.717, 1.165) is 0 Å². The van der Waals surface area contributed by atoms with Gasteiger partial charge in [0.2, 0.25) is 5.88 Å². The first-order chi connectivity index (χ1) is 9.60. The van der Waals surface area contributed by atoms with Crippen molar-refractivity contribution in [1.82, 2.24) is 9.88 Å². The van der Waals surface area contributed by atoms with Crippen LogP contribution in [0.4, 0.5) is 10.5 Å². The molecule has 108 valence electrons. The number of methoxy groups -OCH3 is 1. The van der Waals surface area contributed by atoms with Crippen molar-refractivity contribution in [2.24, 2.45) is 5.92 Å². The van der Waals surface area contributed by atoms with Gasteiger partial charge in [0.25, 0.3) is 0 Å². The monoisotopic (exact) mass is 279 g/mol. The van der Waals surface area contributed by atoms with Crippen molar-refractivity contribution in [3.63, 3.8) is 0 Å². The van der Waals surface area contributed by atoms with Crippen LogP contribution in [0.15, 0.2) is 18.3 Å². The number of piperidine rings is 1. The Hall–Kier alpha value is -2.31. The van der Waals surface area contributed by atoms with Gasteiger partial charge >= 0.3 is 12.0 Å². The summed E-state index contributed by atoms with van der Waals surface area (Å²) in [5.41, 5.74) is 0.580. The maximum atomic E-state index is 12.0. The molecule has 2 heterocycles. The van der Waals surface area contributed by atoms with E-state index in [9.17, 15) is 9.59 Å². The Morgan fingerprint density at radius 1 is 1.40 bits per heavy atom. The fourth-order valence-corrected chi connectivity index (χ4v) is 2.11. The second-order valence-electron chi connectivity index (χ2n) is 4.62. The average molecular weight is 279 g/mol. The van der Waals surface area contributed by atoms with Crippen LogP contribution in [-0.4, -0.2) is 47.2 Å². The molecule has 2 N–H and O–H groups in total. The Morgan fingerprint density at radius 2 is 2.10 bits per heavy atom. The topological polar surface area (TPSA) is 91.8 Å². The molecule has 0 spiro atoms. The standard InChI is InChI=1S/C13H17N3O4/c1-20-11-3-2-10(8-14-11)15-13(19)16-6-4-9(5-7-16)12(17)18/h2-3,8-9H,4-7H2,1H3,(H,15,19)(H,17,18). The maximum Gasteiger partial charge on any atom is 0.321 e. The Kier molecular flexibility index (Phi) is 4.39. The maximum absolute atomic E-state index is 12.0. The van der Waals surface area contributed by atoms with Crippen molar-refractivity contribution < 1.29 is 19.4 Å². The van der Waals surface area contributed by atoms with Crippen molar-refractivity contribution in [3.05, 3.63) is 18.3 Å². The lowest BCUT2D eigenvalue weighted by Gasteiger charge is -2.30. The summed E-state index contributed by atoms with van der Waals surface area (Å²) in [5.74, 6) is -0.656. The predicted molar refractivity (Wildman–Crippen MR) is 71.7 cm³/mol. The Morgan fingerprint density at radius 3 is 2.60 bits per heavy atom. The number of hydrogen-bond acceptors (Lipinski definition) is 4. The molecule has 0 saturated carbocycles. The number of amides is 2. The summed E-state index contributed by atoms with van der Waals surface area (Å²) in [4.78, 5) is 28.5. The van der Waals surface area contributed by atoms with Gasteiger partial charge in [-0.05, 0) is 18.9 Å². The minimum Gasteiger partial charge on any atom is -0.481 e. The molecule has 1 saturated heterocycles. The van der Waals surface area contributed by atoms with E-state index < -0.39 is 5.97 Å². The fourth-order valence-electron chi connectivity index (χ4n) is 2.11. The zero-order valence-electron chi connectivity index (χ0n) is 11.2. The van der Waals surface area contributed by atoms with Crippen LogP contribution in [0.25, 0.3) is 0 Å². The third kappa shape index (κ3) is 3.37. The van der Waals surface area contributed by atoms with Gasteiger partial charge < -0.3 is 20.1 Å². The van der Waals surface area contributed by atoms with E-state index in [0.29, 0.717) is 37.5 Å². The second kappa shape index (κ2) is 6.23. The number of rotatable bonds is 3. The average Bonchev–Trinajstić information content (AvgIpc) is 2.48. The number of aromatic nitrogens is 1. The quantitative estimate of drug-likeness (QED) is 0.873. The fraction of sp³-hybridized carbons (Fsp3) is 0.462. The smallest absolute Gasteiger partial charge is 0.321 e. The molecule has 1 fully saturated rings. The predicted octanol–water partition coefficient (Wildman–Crippen LogP) is 1.42. The summed E-state index contributed by atoms with van der Waals surface area (Å²) in [6.07, 6.45) is 2.49. The SMILES string of the molecule is COc1ccc(NC(=O)N2CCC(C(=O)O)CC2)cn1. The largest absolute Gasteiger partial charge is 0.481 e. The summed E-state index contributed by atoms with van der Waals surface area (Å²) in [7, 11) is 1.52. The van der Waals surface area contributed by atoms with E-state index in [4.69, 9.17) is 9.84 Å². The number of ether oxygens (including phenoxy) is 1. The van der Waals surface area contributed by atoms with Gasteiger partial charge in [-0.3, -0.25) is 4.79 Å². The molecule has 7 nitrogen and oxygen atoms in total. The van der Waals surface area contributed by atoms with Crippen LogP contribution in [0, 0.1) is 5.92 Å². The number of likely N-dealkylation sites (tertiary alicyclic amines) is 1. The number of carbonyl (C=O) groups excluding carboxylic acids is 1. The third-order valence-corrected chi connectivity index (χ3v) is 3.33. The van der Waals surface area contributed by atoms with Crippen LogP contribution in [0.2, 0.25) is 0 Å². The number of carbonyl (C=O) groups is 2. The number of hydrogen-bond donors (Lipinski definition) is 2. The zero-order chi connectivity index (χ0) is 14.5. The lowest BCUT2D eigenvalue weighted by Crippen LogP contribution is -2.42. The van der Waals surface area contributed by atoms with Crippen LogP contribution in [-0.2, 0) is 4.79 Å². The van der Waals surface area contributed by atoms with Crippen molar-refractivity contribution in [2.75, 3.05) is 25.5 Å². The summed E-state index contributed by atoms with van der Waals surface area (Å²) in [5, 5.41) is 11.6. The summed E-state index contributed by atoms with van der Waals surface area (Å²) < 4.78 is 4.93. The van der Waals surface area contributed by atoms with Crippen molar-refractivity contribution in [1.29, 1.82) is 0 Å². The number of carboxylic acid groups (broad SMARTS) is 1. The first-order valence-corrected chi connectivity index (χ1v) is 6.39. The van der Waals surface area contributed by atoms with Gasteiger partial charge in [0.15, 0.2) is 0 Å². The highest BCUT2D eigenvalue weighted by Gasteiger charge is 2.26. The van der Waals surface area contributed by atoms with Gasteiger partial charge in [0.05, 0.1) is 24.9 Å². The highest BCUT2D eigenvalue weighted by Crippen LogP contribution is 2.18. The molecule has 0 radical (unpaired) electrons. The van der Waals surface area contributed by atoms with Gasteiger partial charge in [-0.15, -0.1) is 0 Å². The number of anilines is 1. The molecule has 1 aliphatic rings. The number of pyridine rings is 1. The Labute approximate surface area is 116 Å². The molecule has 0 aliphatic carbocycles. The van der Waals surface area contributed by atoms with Crippen molar-refractivity contribution in [3.8, 4) is 5.88 Å². The minimum atomic E-state index is -0.788. The molecule has 0 aromatic carbocycles. The van der Waals surface area contributed by atoms with Gasteiger partial charge in [-0.2, -0.15) is 0 Å². The Bertz CT molecular complexity index is 481. The van der Waals surface area contributed by atoms with E-state index in [-0.39, 0.29) is 11.9 Å². The van der Waals surface area contributed by atoms with E-state index >= 15 is 0 Å². The normalized spacial score (nSPS) is 15.8. The molecule has 2 rings (SSSR count). The number of carboxylic acids is 1. The highest BCUT2D eigenvalue weighted by atomic mass is 16.5. The van der Waals surface area contributed by atoms with Crippen LogP contribution in [0.1, 0.15) is 12.8 Å². The van der Waals surface area contributed by atoms with E-state index in [1.807, 2.05) is 0 Å². The summed E-state index contributed by atoms with van der Waals surface area (Å²) in [6, 6.07) is 3.13. The minimum absolute atomic E-state index is 0.235. The molecule has 0 unspecified atom stereocenters. The molecule has 1 aromatic heterocycles. The zero-order valence-corrected chi connectivity index (χ0v) is 11.2. The van der Waals surface area contributed by atoms with E-state index in [2.05, 4.69) is 10.3 Å². The first-order valence-electron chi connectivity index (χ1n) is 6.39. The van der Waals surface area contributed by atoms with Gasteiger partial charge in [-0.25, -0.2) is 9.78 Å². The molecule has 0 bridgehead atoms. The van der Waals surface area contributed by atoms with E-state index in [1.165, 1.54) is 13.3 Å². The molecular formula is C13H17N3O4. The third-order valence-electron chi connectivity index (χ3n) is 3.33. The number of urea groups is 1. The van der Waals surface area contributed by atoms with Crippen LogP contribution < -0.4 is 10.1 Å². The number of nitrogens with one attached hydrogen (secondary N) is 1. The van der Waals surface area contributed by atoms with Crippen molar-refractivity contribution >= 4 is 17.7 Å². The second-order valence-corrected chi connectivity index (χ2v) is 4.62. The molecular weight excluding hydrogens is 262 g/mol. The lowest BCUT2D eigenvalue weighted by molar-refractivity contribution is -0.143. The lowest BCUT2D eigenvalue weighted by atomic mass is 9.97. The van der Waals surface area contributed by atoms with Crippen molar-refractivity contribution in [2.45, 2.75) is 12.8 Å². The Balaban J connectivity index is 1.87. The molecule has 1 aromatic rings. The number of nitrogens with zero attached hydrogens (tertiary/aromatic N) is 2. The van der Waals surface area contributed by atoms with Gasteiger partial charge in [0, 0.05) is 19.2 Å². The summed E-state index contributed by atoms with van der Waals surface area (Å²) >= 11 is 0.